The smallest absolute Gasteiger partial charge is 0.315 e. The number of Topliss-reactive ketones (excluding diaryl/α,β-unsaturated/α-hetero) is 1. The molecule has 6 nitrogen and oxygen atoms in total. The third-order valence-electron chi connectivity index (χ3n) is 4.71. The van der Waals surface area contributed by atoms with E-state index in [-0.39, 0.29) is 18.9 Å². The van der Waals surface area contributed by atoms with Gasteiger partial charge in [-0.3, -0.25) is 19.3 Å². The van der Waals surface area contributed by atoms with Gasteiger partial charge in [0.05, 0.1) is 6.61 Å². The highest BCUT2D eigenvalue weighted by Gasteiger charge is 2.20. The van der Waals surface area contributed by atoms with Crippen LogP contribution in [0.4, 0.5) is 5.69 Å². The summed E-state index contributed by atoms with van der Waals surface area (Å²) in [5.74, 6) is -0.377. The Labute approximate surface area is 161 Å². The predicted octanol–water partition coefficient (Wildman–Crippen LogP) is 2.94. The van der Waals surface area contributed by atoms with E-state index in [0.29, 0.717) is 25.2 Å². The summed E-state index contributed by atoms with van der Waals surface area (Å²) in [6.45, 7) is 7.08. The fourth-order valence-electron chi connectivity index (χ4n) is 3.14. The lowest BCUT2D eigenvalue weighted by molar-refractivity contribution is -0.145. The number of piperidine rings is 1. The molecule has 1 fully saturated rings. The molecule has 2 rings (SSSR count). The second kappa shape index (κ2) is 10.8. The van der Waals surface area contributed by atoms with Crippen LogP contribution in [-0.2, 0) is 25.7 Å². The van der Waals surface area contributed by atoms with Gasteiger partial charge in [0, 0.05) is 44.7 Å². The van der Waals surface area contributed by atoms with Crippen molar-refractivity contribution < 1.29 is 19.1 Å². The zero-order valence-corrected chi connectivity index (χ0v) is 16.4. The van der Waals surface area contributed by atoms with Gasteiger partial charge in [0.1, 0.15) is 12.2 Å². The van der Waals surface area contributed by atoms with Crippen LogP contribution in [-0.4, -0.2) is 48.8 Å². The lowest BCUT2D eigenvalue weighted by Crippen LogP contribution is -2.34. The van der Waals surface area contributed by atoms with Gasteiger partial charge in [0.15, 0.2) is 0 Å². The van der Waals surface area contributed by atoms with E-state index in [4.69, 9.17) is 4.74 Å². The molecule has 0 N–H and O–H groups in total. The first-order valence-electron chi connectivity index (χ1n) is 9.82. The van der Waals surface area contributed by atoms with Crippen molar-refractivity contribution in [1.29, 1.82) is 0 Å². The third kappa shape index (κ3) is 6.79. The number of carbonyl (C=O) groups is 3. The molecule has 0 saturated carbocycles. The number of likely N-dealkylation sites (tertiary alicyclic amines) is 1. The maximum Gasteiger partial charge on any atom is 0.315 e. The summed E-state index contributed by atoms with van der Waals surface area (Å²) in [7, 11) is 0. The van der Waals surface area contributed by atoms with Gasteiger partial charge in [-0.1, -0.05) is 25.5 Å². The number of unbranched alkanes of at least 4 members (excludes halogenated alkanes) is 1. The lowest BCUT2D eigenvalue weighted by atomic mass is 10.1. The highest BCUT2D eigenvalue weighted by Crippen LogP contribution is 2.19. The molecule has 0 bridgehead atoms. The molecule has 1 aliphatic rings. The molecule has 0 aliphatic carbocycles. The van der Waals surface area contributed by atoms with Crippen molar-refractivity contribution in [3.05, 3.63) is 29.8 Å². The number of amides is 1. The highest BCUT2D eigenvalue weighted by molar-refractivity contribution is 6.03. The van der Waals surface area contributed by atoms with E-state index < -0.39 is 5.97 Å². The van der Waals surface area contributed by atoms with Gasteiger partial charge in [-0.15, -0.1) is 0 Å². The van der Waals surface area contributed by atoms with Crippen LogP contribution in [0, 0.1) is 0 Å². The van der Waals surface area contributed by atoms with Crippen LogP contribution in [0.3, 0.4) is 0 Å². The van der Waals surface area contributed by atoms with Crippen LogP contribution >= 0.6 is 0 Å². The number of rotatable bonds is 9. The fraction of sp³-hybridized carbons (Fsp3) is 0.571. The van der Waals surface area contributed by atoms with Gasteiger partial charge in [-0.25, -0.2) is 0 Å². The minimum absolute atomic E-state index is 0.232. The molecule has 1 amide bonds. The van der Waals surface area contributed by atoms with Gasteiger partial charge in [0.2, 0.25) is 5.91 Å². The molecule has 1 saturated heterocycles. The lowest BCUT2D eigenvalue weighted by Gasteiger charge is -2.26. The van der Waals surface area contributed by atoms with E-state index in [2.05, 4.69) is 11.8 Å². The number of carbonyl (C=O) groups excluding carboxylic acids is 3. The summed E-state index contributed by atoms with van der Waals surface area (Å²) in [6.07, 6.45) is 2.87. The maximum absolute atomic E-state index is 12.6. The molecule has 1 heterocycles. The molecule has 1 aromatic carbocycles. The highest BCUT2D eigenvalue weighted by atomic mass is 16.5. The van der Waals surface area contributed by atoms with Gasteiger partial charge >= 0.3 is 5.97 Å². The summed E-state index contributed by atoms with van der Waals surface area (Å²) in [6, 6.07) is 7.90. The van der Waals surface area contributed by atoms with Gasteiger partial charge in [0.25, 0.3) is 0 Å². The summed E-state index contributed by atoms with van der Waals surface area (Å²) in [5.41, 5.74) is 1.96. The number of hydrogen-bond acceptors (Lipinski definition) is 5. The molecular formula is C21H30N2O4. The van der Waals surface area contributed by atoms with Crippen molar-refractivity contribution in [1.82, 2.24) is 4.90 Å². The molecule has 1 aliphatic heterocycles. The van der Waals surface area contributed by atoms with Crippen LogP contribution in [0.25, 0.3) is 0 Å². The third-order valence-corrected chi connectivity index (χ3v) is 4.71. The number of ether oxygens (including phenoxy) is 1. The quantitative estimate of drug-likeness (QED) is 0.491. The summed E-state index contributed by atoms with van der Waals surface area (Å²) >= 11 is 0. The second-order valence-corrected chi connectivity index (χ2v) is 6.86. The van der Waals surface area contributed by atoms with E-state index in [1.165, 1.54) is 0 Å². The average molecular weight is 374 g/mol. The van der Waals surface area contributed by atoms with E-state index >= 15 is 0 Å². The van der Waals surface area contributed by atoms with Crippen LogP contribution in [0.2, 0.25) is 0 Å². The number of benzene rings is 1. The monoisotopic (exact) mass is 374 g/mol. The Bertz CT molecular complexity index is 632. The van der Waals surface area contributed by atoms with Crippen LogP contribution in [0.15, 0.2) is 24.3 Å². The number of ketones is 1. The Hall–Kier alpha value is -2.21. The molecule has 0 unspecified atom stereocenters. The first-order chi connectivity index (χ1) is 13.0. The number of esters is 1. The van der Waals surface area contributed by atoms with Crippen molar-refractivity contribution in [3.63, 3.8) is 0 Å². The second-order valence-electron chi connectivity index (χ2n) is 6.86. The van der Waals surface area contributed by atoms with Crippen LogP contribution in [0.5, 0.6) is 0 Å². The molecule has 1 aromatic rings. The summed E-state index contributed by atoms with van der Waals surface area (Å²) < 4.78 is 4.90. The maximum atomic E-state index is 12.6. The van der Waals surface area contributed by atoms with Crippen LogP contribution < -0.4 is 4.90 Å². The van der Waals surface area contributed by atoms with E-state index in [9.17, 15) is 14.4 Å². The van der Waals surface area contributed by atoms with E-state index in [0.717, 1.165) is 43.7 Å². The van der Waals surface area contributed by atoms with Crippen molar-refractivity contribution in [2.24, 2.45) is 0 Å². The SMILES string of the molecule is CCCCN(C(=O)CC(=O)OCC)c1ccc(CN2CCC(=O)CC2)cc1. The standard InChI is InChI=1S/C21H30N2O4/c1-3-5-12-23(20(25)15-21(26)27-4-2)18-8-6-17(7-9-18)16-22-13-10-19(24)11-14-22/h6-9H,3-5,10-16H2,1-2H3. The normalized spacial score (nSPS) is 14.8. The topological polar surface area (TPSA) is 66.9 Å². The van der Waals surface area contributed by atoms with E-state index in [1.807, 2.05) is 24.3 Å². The van der Waals surface area contributed by atoms with Gasteiger partial charge < -0.3 is 9.64 Å². The molecule has 0 radical (unpaired) electrons. The zero-order chi connectivity index (χ0) is 19.6. The van der Waals surface area contributed by atoms with Crippen molar-refractivity contribution in [2.45, 2.75) is 52.5 Å². The minimum Gasteiger partial charge on any atom is -0.466 e. The van der Waals surface area contributed by atoms with Gasteiger partial charge in [-0.2, -0.15) is 0 Å². The average Bonchev–Trinajstić information content (AvgIpc) is 2.65. The molecule has 148 valence electrons. The molecule has 6 heteroatoms. The number of nitrogens with zero attached hydrogens (tertiary/aromatic N) is 2. The first-order valence-corrected chi connectivity index (χ1v) is 9.82. The largest absolute Gasteiger partial charge is 0.466 e. The Morgan fingerprint density at radius 3 is 2.37 bits per heavy atom. The van der Waals surface area contributed by atoms with E-state index in [1.54, 1.807) is 11.8 Å². The minimum atomic E-state index is -0.486. The summed E-state index contributed by atoms with van der Waals surface area (Å²) in [5, 5.41) is 0. The van der Waals surface area contributed by atoms with Crippen molar-refractivity contribution >= 4 is 23.3 Å². The first kappa shape index (κ1) is 21.1. The predicted molar refractivity (Wildman–Crippen MR) is 104 cm³/mol. The number of anilines is 1. The molecule has 27 heavy (non-hydrogen) atoms. The summed E-state index contributed by atoms with van der Waals surface area (Å²) in [4.78, 5) is 39.5. The molecule has 0 atom stereocenters. The van der Waals surface area contributed by atoms with Crippen molar-refractivity contribution in [2.75, 3.05) is 31.1 Å². The molecule has 0 aromatic heterocycles. The molecular weight excluding hydrogens is 344 g/mol. The Kier molecular flexibility index (Phi) is 8.45. The van der Waals surface area contributed by atoms with Crippen LogP contribution in [0.1, 0.15) is 51.5 Å². The fourth-order valence-corrected chi connectivity index (χ4v) is 3.14. The zero-order valence-electron chi connectivity index (χ0n) is 16.4. The number of hydrogen-bond donors (Lipinski definition) is 0. The van der Waals surface area contributed by atoms with Gasteiger partial charge in [-0.05, 0) is 31.0 Å². The Balaban J connectivity index is 2.01. The van der Waals surface area contributed by atoms with Crippen molar-refractivity contribution in [3.8, 4) is 0 Å². The molecule has 0 spiro atoms. The Morgan fingerprint density at radius 2 is 1.78 bits per heavy atom. The Morgan fingerprint density at radius 1 is 1.11 bits per heavy atom.